The van der Waals surface area contributed by atoms with E-state index in [9.17, 15) is 19.5 Å². The van der Waals surface area contributed by atoms with Crippen LogP contribution >= 0.6 is 11.6 Å². The van der Waals surface area contributed by atoms with Gasteiger partial charge in [-0.2, -0.15) is 0 Å². The van der Waals surface area contributed by atoms with E-state index < -0.39 is 23.5 Å². The second kappa shape index (κ2) is 12.9. The van der Waals surface area contributed by atoms with Gasteiger partial charge >= 0.3 is 5.97 Å². The minimum Gasteiger partial charge on any atom is -0.481 e. The van der Waals surface area contributed by atoms with Crippen molar-refractivity contribution in [2.75, 3.05) is 26.8 Å². The van der Waals surface area contributed by atoms with Crippen molar-refractivity contribution in [2.45, 2.75) is 43.7 Å². The summed E-state index contributed by atoms with van der Waals surface area (Å²) in [5.74, 6) is -2.31. The van der Waals surface area contributed by atoms with E-state index in [-0.39, 0.29) is 31.4 Å². The average molecular weight is 516 g/mol. The minimum atomic E-state index is -1.02. The first-order chi connectivity index (χ1) is 17.2. The number of amides is 2. The molecule has 4 N–H and O–H groups in total. The smallest absolute Gasteiger partial charge is 0.304 e. The van der Waals surface area contributed by atoms with Gasteiger partial charge in [0.1, 0.15) is 6.04 Å². The molecule has 0 spiro atoms. The largest absolute Gasteiger partial charge is 0.481 e. The van der Waals surface area contributed by atoms with Crippen LogP contribution in [0.4, 0.5) is 0 Å². The van der Waals surface area contributed by atoms with Crippen LogP contribution in [0.1, 0.15) is 30.4 Å². The van der Waals surface area contributed by atoms with Gasteiger partial charge in [-0.05, 0) is 48.9 Å². The van der Waals surface area contributed by atoms with Gasteiger partial charge in [0, 0.05) is 25.2 Å². The Kier molecular flexibility index (Phi) is 9.87. The number of carboxylic acid groups (broad SMARTS) is 1. The van der Waals surface area contributed by atoms with E-state index in [0.717, 1.165) is 11.1 Å². The molecule has 0 aromatic heterocycles. The molecule has 2 aromatic carbocycles. The molecule has 8 nitrogen and oxygen atoms in total. The highest BCUT2D eigenvalue weighted by Gasteiger charge is 2.41. The first-order valence-corrected chi connectivity index (χ1v) is 12.4. The SMILES string of the molecule is COC[C@H](N)C(=O)N[C@@]1(Cc2ccc(Cl)cc2)CCCN(C(=O)[C@@H](CC(=O)O)Cc2ccccc2)C1. The lowest BCUT2D eigenvalue weighted by Gasteiger charge is -2.45. The number of hydrogen-bond acceptors (Lipinski definition) is 5. The molecule has 0 aliphatic carbocycles. The highest BCUT2D eigenvalue weighted by Crippen LogP contribution is 2.28. The summed E-state index contributed by atoms with van der Waals surface area (Å²) in [6.07, 6.45) is 1.84. The molecule has 0 unspecified atom stereocenters. The third kappa shape index (κ3) is 7.78. The maximum Gasteiger partial charge on any atom is 0.304 e. The third-order valence-corrected chi connectivity index (χ3v) is 6.76. The zero-order valence-corrected chi connectivity index (χ0v) is 21.2. The topological polar surface area (TPSA) is 122 Å². The zero-order chi connectivity index (χ0) is 26.1. The number of nitrogens with one attached hydrogen (secondary N) is 1. The lowest BCUT2D eigenvalue weighted by Crippen LogP contribution is -2.64. The molecular formula is C27H34ClN3O5. The Balaban J connectivity index is 1.85. The number of likely N-dealkylation sites (tertiary alicyclic amines) is 1. The lowest BCUT2D eigenvalue weighted by molar-refractivity contribution is -0.146. The molecule has 1 aliphatic rings. The Hall–Kier alpha value is -2.94. The molecular weight excluding hydrogens is 482 g/mol. The Bertz CT molecular complexity index is 1030. The van der Waals surface area contributed by atoms with E-state index in [1.54, 1.807) is 17.0 Å². The number of carbonyl (C=O) groups is 3. The van der Waals surface area contributed by atoms with Gasteiger partial charge in [-0.25, -0.2) is 0 Å². The molecule has 1 aliphatic heterocycles. The molecule has 1 fully saturated rings. The summed E-state index contributed by atoms with van der Waals surface area (Å²) in [5.41, 5.74) is 7.10. The minimum absolute atomic E-state index is 0.0727. The lowest BCUT2D eigenvalue weighted by atomic mass is 9.82. The van der Waals surface area contributed by atoms with Gasteiger partial charge in [0.2, 0.25) is 11.8 Å². The quantitative estimate of drug-likeness (QED) is 0.423. The van der Waals surface area contributed by atoms with Crippen LogP contribution in [0.3, 0.4) is 0 Å². The molecule has 2 amide bonds. The summed E-state index contributed by atoms with van der Waals surface area (Å²) in [6, 6.07) is 15.9. The van der Waals surface area contributed by atoms with Gasteiger partial charge < -0.3 is 25.8 Å². The van der Waals surface area contributed by atoms with E-state index in [1.807, 2.05) is 42.5 Å². The predicted octanol–water partition coefficient (Wildman–Crippen LogP) is 2.67. The van der Waals surface area contributed by atoms with E-state index in [4.69, 9.17) is 22.1 Å². The maximum atomic E-state index is 13.6. The number of methoxy groups -OCH3 is 1. The first kappa shape index (κ1) is 27.6. The van der Waals surface area contributed by atoms with Gasteiger partial charge in [-0.3, -0.25) is 14.4 Å². The highest BCUT2D eigenvalue weighted by atomic mass is 35.5. The van der Waals surface area contributed by atoms with Crippen molar-refractivity contribution < 1.29 is 24.2 Å². The predicted molar refractivity (Wildman–Crippen MR) is 138 cm³/mol. The Morgan fingerprint density at radius 2 is 1.83 bits per heavy atom. The standard InChI is InChI=1S/C27H34ClN3O5/c1-36-17-23(29)25(34)30-27(16-20-8-10-22(28)11-9-20)12-5-13-31(18-27)26(35)21(15-24(32)33)14-19-6-3-2-4-7-19/h2-4,6-11,21,23H,5,12-18,29H2,1H3,(H,30,34)(H,32,33)/t21-,23+,27-/m1/s1. The summed E-state index contributed by atoms with van der Waals surface area (Å²) in [6.45, 7) is 0.820. The van der Waals surface area contributed by atoms with Crippen LogP contribution in [-0.4, -0.2) is 66.2 Å². The van der Waals surface area contributed by atoms with Gasteiger partial charge in [0.05, 0.1) is 24.5 Å². The molecule has 3 atom stereocenters. The summed E-state index contributed by atoms with van der Waals surface area (Å²) in [4.78, 5) is 39.9. The number of carboxylic acids is 1. The zero-order valence-electron chi connectivity index (χ0n) is 20.5. The van der Waals surface area contributed by atoms with Crippen LogP contribution in [0.5, 0.6) is 0 Å². The number of piperidine rings is 1. The van der Waals surface area contributed by atoms with Crippen molar-refractivity contribution in [1.82, 2.24) is 10.2 Å². The molecule has 1 heterocycles. The fraction of sp³-hybridized carbons (Fsp3) is 0.444. The molecule has 2 aromatic rings. The van der Waals surface area contributed by atoms with Crippen LogP contribution < -0.4 is 11.1 Å². The number of carbonyl (C=O) groups excluding carboxylic acids is 2. The fourth-order valence-electron chi connectivity index (χ4n) is 4.83. The number of halogens is 1. The van der Waals surface area contributed by atoms with E-state index in [2.05, 4.69) is 5.32 Å². The Morgan fingerprint density at radius 1 is 1.14 bits per heavy atom. The monoisotopic (exact) mass is 515 g/mol. The van der Waals surface area contributed by atoms with Crippen LogP contribution in [0, 0.1) is 5.92 Å². The Labute approximate surface area is 216 Å². The molecule has 194 valence electrons. The van der Waals surface area contributed by atoms with Crippen molar-refractivity contribution in [1.29, 1.82) is 0 Å². The maximum absolute atomic E-state index is 13.6. The van der Waals surface area contributed by atoms with Crippen molar-refractivity contribution >= 4 is 29.4 Å². The summed E-state index contributed by atoms with van der Waals surface area (Å²) in [7, 11) is 1.48. The van der Waals surface area contributed by atoms with E-state index >= 15 is 0 Å². The van der Waals surface area contributed by atoms with Crippen molar-refractivity contribution in [3.8, 4) is 0 Å². The molecule has 9 heteroatoms. The molecule has 1 saturated heterocycles. The van der Waals surface area contributed by atoms with Gasteiger partial charge in [0.15, 0.2) is 0 Å². The third-order valence-electron chi connectivity index (χ3n) is 6.51. The number of nitrogens with zero attached hydrogens (tertiary/aromatic N) is 1. The van der Waals surface area contributed by atoms with Gasteiger partial charge in [-0.15, -0.1) is 0 Å². The number of hydrogen-bond donors (Lipinski definition) is 3. The van der Waals surface area contributed by atoms with E-state index in [0.29, 0.717) is 37.3 Å². The van der Waals surface area contributed by atoms with Crippen LogP contribution in [0.2, 0.25) is 5.02 Å². The number of rotatable bonds is 11. The van der Waals surface area contributed by atoms with Gasteiger partial charge in [-0.1, -0.05) is 54.1 Å². The second-order valence-corrected chi connectivity index (χ2v) is 9.92. The molecule has 3 rings (SSSR count). The normalized spacial score (nSPS) is 19.4. The number of ether oxygens (including phenoxy) is 1. The van der Waals surface area contributed by atoms with Crippen LogP contribution in [0.25, 0.3) is 0 Å². The van der Waals surface area contributed by atoms with Crippen molar-refractivity contribution in [2.24, 2.45) is 11.7 Å². The highest BCUT2D eigenvalue weighted by molar-refractivity contribution is 6.30. The second-order valence-electron chi connectivity index (χ2n) is 9.48. The average Bonchev–Trinajstić information content (AvgIpc) is 2.85. The molecule has 0 radical (unpaired) electrons. The molecule has 36 heavy (non-hydrogen) atoms. The number of benzene rings is 2. The number of aliphatic carboxylic acids is 1. The number of nitrogens with two attached hydrogens (primary N) is 1. The van der Waals surface area contributed by atoms with Crippen molar-refractivity contribution in [3.05, 3.63) is 70.7 Å². The first-order valence-electron chi connectivity index (χ1n) is 12.1. The van der Waals surface area contributed by atoms with E-state index in [1.165, 1.54) is 7.11 Å². The summed E-state index contributed by atoms with van der Waals surface area (Å²) in [5, 5.41) is 13.2. The Morgan fingerprint density at radius 3 is 2.47 bits per heavy atom. The molecule has 0 bridgehead atoms. The summed E-state index contributed by atoms with van der Waals surface area (Å²) < 4.78 is 5.04. The van der Waals surface area contributed by atoms with Gasteiger partial charge in [0.25, 0.3) is 0 Å². The van der Waals surface area contributed by atoms with Crippen LogP contribution in [-0.2, 0) is 32.0 Å². The molecule has 0 saturated carbocycles. The summed E-state index contributed by atoms with van der Waals surface area (Å²) >= 11 is 6.06. The van der Waals surface area contributed by atoms with Crippen molar-refractivity contribution in [3.63, 3.8) is 0 Å². The van der Waals surface area contributed by atoms with Crippen LogP contribution in [0.15, 0.2) is 54.6 Å². The fourth-order valence-corrected chi connectivity index (χ4v) is 4.95.